The fourth-order valence-electron chi connectivity index (χ4n) is 2.98. The van der Waals surface area contributed by atoms with Crippen molar-refractivity contribution in [1.82, 2.24) is 4.90 Å². The van der Waals surface area contributed by atoms with Gasteiger partial charge in [0, 0.05) is 25.6 Å². The number of nitrogens with zero attached hydrogens (tertiary/aromatic N) is 1. The van der Waals surface area contributed by atoms with Gasteiger partial charge in [-0.3, -0.25) is 9.59 Å². The summed E-state index contributed by atoms with van der Waals surface area (Å²) in [6.07, 6.45) is 3.75. The van der Waals surface area contributed by atoms with Gasteiger partial charge in [0.25, 0.3) is 0 Å². The van der Waals surface area contributed by atoms with E-state index in [4.69, 9.17) is 9.84 Å². The number of carboxylic acid groups (broad SMARTS) is 1. The summed E-state index contributed by atoms with van der Waals surface area (Å²) in [5, 5.41) is 8.88. The van der Waals surface area contributed by atoms with Crippen LogP contribution in [-0.2, 0) is 20.7 Å². The first kappa shape index (κ1) is 17.5. The standard InChI is InChI=1S/C18H25NO4/c20-17(19-11-4-8-16(19)14-18(21)22)9-5-12-23-13-10-15-6-2-1-3-7-15/h1-3,6-7,16H,4-5,8-14H2,(H,21,22). The van der Waals surface area contributed by atoms with Crippen LogP contribution in [0.3, 0.4) is 0 Å². The van der Waals surface area contributed by atoms with Gasteiger partial charge in [0.2, 0.25) is 5.91 Å². The van der Waals surface area contributed by atoms with Crippen LogP contribution in [-0.4, -0.2) is 47.7 Å². The number of carboxylic acids is 1. The number of ether oxygens (including phenoxy) is 1. The molecule has 1 saturated heterocycles. The molecule has 0 radical (unpaired) electrons. The minimum atomic E-state index is -0.834. The number of hydrogen-bond donors (Lipinski definition) is 1. The van der Waals surface area contributed by atoms with Crippen molar-refractivity contribution >= 4 is 11.9 Å². The van der Waals surface area contributed by atoms with Crippen molar-refractivity contribution in [3.8, 4) is 0 Å². The lowest BCUT2D eigenvalue weighted by Gasteiger charge is -2.23. The Morgan fingerprint density at radius 1 is 1.22 bits per heavy atom. The maximum absolute atomic E-state index is 12.2. The maximum Gasteiger partial charge on any atom is 0.305 e. The average Bonchev–Trinajstić information content (AvgIpc) is 2.99. The summed E-state index contributed by atoms with van der Waals surface area (Å²) in [4.78, 5) is 24.7. The molecule has 0 aliphatic carbocycles. The zero-order valence-corrected chi connectivity index (χ0v) is 13.4. The van der Waals surface area contributed by atoms with Crippen molar-refractivity contribution in [2.45, 2.75) is 44.6 Å². The Kier molecular flexibility index (Phi) is 7.07. The Morgan fingerprint density at radius 2 is 2.00 bits per heavy atom. The Balaban J connectivity index is 1.58. The van der Waals surface area contributed by atoms with Crippen LogP contribution < -0.4 is 0 Å². The van der Waals surface area contributed by atoms with Crippen molar-refractivity contribution < 1.29 is 19.4 Å². The molecule has 1 aliphatic heterocycles. The monoisotopic (exact) mass is 319 g/mol. The third-order valence-electron chi connectivity index (χ3n) is 4.16. The molecule has 0 bridgehead atoms. The summed E-state index contributed by atoms with van der Waals surface area (Å²) in [6.45, 7) is 1.91. The van der Waals surface area contributed by atoms with Crippen LogP contribution in [0.1, 0.15) is 37.7 Å². The van der Waals surface area contributed by atoms with Crippen molar-refractivity contribution in [1.29, 1.82) is 0 Å². The highest BCUT2D eigenvalue weighted by Crippen LogP contribution is 2.21. The average molecular weight is 319 g/mol. The molecule has 5 nitrogen and oxygen atoms in total. The smallest absolute Gasteiger partial charge is 0.305 e. The zero-order valence-electron chi connectivity index (χ0n) is 13.4. The topological polar surface area (TPSA) is 66.8 Å². The van der Waals surface area contributed by atoms with E-state index in [2.05, 4.69) is 12.1 Å². The van der Waals surface area contributed by atoms with Gasteiger partial charge in [-0.2, -0.15) is 0 Å². The van der Waals surface area contributed by atoms with Gasteiger partial charge in [0.15, 0.2) is 0 Å². The highest BCUT2D eigenvalue weighted by Gasteiger charge is 2.29. The Hall–Kier alpha value is -1.88. The minimum absolute atomic E-state index is 0.0549. The van der Waals surface area contributed by atoms with Crippen LogP contribution in [0.4, 0.5) is 0 Å². The van der Waals surface area contributed by atoms with Gasteiger partial charge in [-0.15, -0.1) is 0 Å². The minimum Gasteiger partial charge on any atom is -0.481 e. The van der Waals surface area contributed by atoms with Gasteiger partial charge < -0.3 is 14.7 Å². The zero-order chi connectivity index (χ0) is 16.5. The molecule has 1 heterocycles. The molecule has 1 fully saturated rings. The first-order chi connectivity index (χ1) is 11.2. The highest BCUT2D eigenvalue weighted by atomic mass is 16.5. The lowest BCUT2D eigenvalue weighted by Crippen LogP contribution is -2.36. The fraction of sp³-hybridized carbons (Fsp3) is 0.556. The van der Waals surface area contributed by atoms with Crippen molar-refractivity contribution in [2.75, 3.05) is 19.8 Å². The predicted molar refractivity (Wildman–Crippen MR) is 87.2 cm³/mol. The van der Waals surface area contributed by atoms with Gasteiger partial charge in [-0.05, 0) is 31.2 Å². The van der Waals surface area contributed by atoms with E-state index in [1.165, 1.54) is 5.56 Å². The molecule has 2 rings (SSSR count). The summed E-state index contributed by atoms with van der Waals surface area (Å²) in [5.41, 5.74) is 1.25. The molecular formula is C18H25NO4. The molecule has 126 valence electrons. The molecular weight excluding hydrogens is 294 g/mol. The third kappa shape index (κ3) is 6.02. The molecule has 1 unspecified atom stereocenters. The van der Waals surface area contributed by atoms with Crippen LogP contribution in [0.5, 0.6) is 0 Å². The van der Waals surface area contributed by atoms with E-state index < -0.39 is 5.97 Å². The van der Waals surface area contributed by atoms with Gasteiger partial charge in [0.05, 0.1) is 13.0 Å². The second-order valence-electron chi connectivity index (χ2n) is 5.93. The normalized spacial score (nSPS) is 17.4. The van der Waals surface area contributed by atoms with Crippen molar-refractivity contribution in [3.63, 3.8) is 0 Å². The summed E-state index contributed by atoms with van der Waals surface area (Å²) < 4.78 is 5.58. The van der Waals surface area contributed by atoms with Crippen LogP contribution in [0.2, 0.25) is 0 Å². The molecule has 23 heavy (non-hydrogen) atoms. The molecule has 0 aromatic heterocycles. The molecule has 1 aliphatic rings. The van der Waals surface area contributed by atoms with E-state index in [9.17, 15) is 9.59 Å². The van der Waals surface area contributed by atoms with Gasteiger partial charge >= 0.3 is 5.97 Å². The third-order valence-corrected chi connectivity index (χ3v) is 4.16. The number of aliphatic carboxylic acids is 1. The van der Waals surface area contributed by atoms with Gasteiger partial charge in [-0.1, -0.05) is 30.3 Å². The second-order valence-corrected chi connectivity index (χ2v) is 5.93. The number of rotatable bonds is 9. The molecule has 0 saturated carbocycles. The summed E-state index contributed by atoms with van der Waals surface area (Å²) in [6, 6.07) is 10.0. The molecule has 0 spiro atoms. The molecule has 1 aromatic rings. The van der Waals surface area contributed by atoms with E-state index >= 15 is 0 Å². The van der Waals surface area contributed by atoms with E-state index in [0.29, 0.717) is 32.6 Å². The van der Waals surface area contributed by atoms with Crippen molar-refractivity contribution in [3.05, 3.63) is 35.9 Å². The van der Waals surface area contributed by atoms with Gasteiger partial charge in [-0.25, -0.2) is 0 Å². The van der Waals surface area contributed by atoms with Gasteiger partial charge in [0.1, 0.15) is 0 Å². The fourth-order valence-corrected chi connectivity index (χ4v) is 2.98. The second kappa shape index (κ2) is 9.30. The molecule has 5 heteroatoms. The number of likely N-dealkylation sites (tertiary alicyclic amines) is 1. The van der Waals surface area contributed by atoms with Crippen LogP contribution >= 0.6 is 0 Å². The van der Waals surface area contributed by atoms with Crippen LogP contribution in [0.15, 0.2) is 30.3 Å². The number of benzene rings is 1. The summed E-state index contributed by atoms with van der Waals surface area (Å²) in [5.74, 6) is -0.778. The Labute approximate surface area is 137 Å². The first-order valence-corrected chi connectivity index (χ1v) is 8.30. The van der Waals surface area contributed by atoms with E-state index in [0.717, 1.165) is 19.3 Å². The highest BCUT2D eigenvalue weighted by molar-refractivity contribution is 5.78. The SMILES string of the molecule is O=C(O)CC1CCCN1C(=O)CCCOCCc1ccccc1. The molecule has 1 amide bonds. The lowest BCUT2D eigenvalue weighted by molar-refractivity contribution is -0.140. The number of hydrogen-bond acceptors (Lipinski definition) is 3. The first-order valence-electron chi connectivity index (χ1n) is 8.30. The molecule has 1 aromatic carbocycles. The largest absolute Gasteiger partial charge is 0.481 e. The quantitative estimate of drug-likeness (QED) is 0.710. The summed E-state index contributed by atoms with van der Waals surface area (Å²) >= 11 is 0. The molecule has 1 N–H and O–H groups in total. The summed E-state index contributed by atoms with van der Waals surface area (Å²) in [7, 11) is 0. The number of carbonyl (C=O) groups is 2. The Bertz CT molecular complexity index is 503. The van der Waals surface area contributed by atoms with Crippen LogP contribution in [0, 0.1) is 0 Å². The lowest BCUT2D eigenvalue weighted by atomic mass is 10.1. The van der Waals surface area contributed by atoms with E-state index in [-0.39, 0.29) is 18.4 Å². The number of amides is 1. The Morgan fingerprint density at radius 3 is 2.74 bits per heavy atom. The predicted octanol–water partition coefficient (Wildman–Crippen LogP) is 2.49. The maximum atomic E-state index is 12.2. The molecule has 1 atom stereocenters. The van der Waals surface area contributed by atoms with E-state index in [1.807, 2.05) is 18.2 Å². The van der Waals surface area contributed by atoms with Crippen LogP contribution in [0.25, 0.3) is 0 Å². The van der Waals surface area contributed by atoms with E-state index in [1.54, 1.807) is 4.90 Å². The number of carbonyl (C=O) groups excluding carboxylic acids is 1. The van der Waals surface area contributed by atoms with Crippen molar-refractivity contribution in [2.24, 2.45) is 0 Å².